The Hall–Kier alpha value is -1.43. The van der Waals surface area contributed by atoms with Crippen LogP contribution in [0, 0.1) is 0 Å². The molecule has 30 heavy (non-hydrogen) atoms. The van der Waals surface area contributed by atoms with Gasteiger partial charge in [0, 0.05) is 6.07 Å². The van der Waals surface area contributed by atoms with Crippen molar-refractivity contribution >= 4 is 15.7 Å². The Morgan fingerprint density at radius 1 is 0.700 bits per heavy atom. The Morgan fingerprint density at radius 3 is 1.57 bits per heavy atom. The van der Waals surface area contributed by atoms with Gasteiger partial charge in [0.15, 0.2) is 0 Å². The van der Waals surface area contributed by atoms with Crippen LogP contribution in [0.2, 0.25) is 0 Å². The van der Waals surface area contributed by atoms with E-state index in [9.17, 15) is 18.6 Å². The fourth-order valence-corrected chi connectivity index (χ4v) is 4.86. The first-order valence-corrected chi connectivity index (χ1v) is 13.6. The van der Waals surface area contributed by atoms with Crippen molar-refractivity contribution in [3.63, 3.8) is 0 Å². The summed E-state index contributed by atoms with van der Waals surface area (Å²) in [6, 6.07) is 3.81. The highest BCUT2D eigenvalue weighted by Crippen LogP contribution is 2.28. The third kappa shape index (κ3) is 13.7. The number of phenols is 2. The number of hydrogen-bond acceptors (Lipinski definition) is 4. The van der Waals surface area contributed by atoms with Crippen molar-refractivity contribution in [1.82, 2.24) is 0 Å². The Balaban J connectivity index is 1.93. The number of sulfonamides is 1. The number of anilines is 1. The number of phenolic OH excluding ortho intramolecular Hbond substituents is 2. The molecule has 0 radical (unpaired) electrons. The summed E-state index contributed by atoms with van der Waals surface area (Å²) in [6.45, 7) is 2.26. The second kappa shape index (κ2) is 16.3. The first kappa shape index (κ1) is 26.6. The third-order valence-corrected chi connectivity index (χ3v) is 6.87. The molecule has 5 nitrogen and oxygen atoms in total. The van der Waals surface area contributed by atoms with Gasteiger partial charge in [-0.25, -0.2) is 8.42 Å². The van der Waals surface area contributed by atoms with Crippen LogP contribution in [0.4, 0.5) is 5.69 Å². The van der Waals surface area contributed by atoms with E-state index in [-0.39, 0.29) is 22.9 Å². The molecular weight excluding hydrogens is 398 g/mol. The number of nitrogens with one attached hydrogen (secondary N) is 1. The lowest BCUT2D eigenvalue weighted by molar-refractivity contribution is 0.452. The van der Waals surface area contributed by atoms with E-state index in [0.29, 0.717) is 6.42 Å². The zero-order valence-corrected chi connectivity index (χ0v) is 19.7. The predicted octanol–water partition coefficient (Wildman–Crippen LogP) is 7.10. The molecule has 6 heteroatoms. The summed E-state index contributed by atoms with van der Waals surface area (Å²) in [4.78, 5) is 0. The molecule has 1 rings (SSSR count). The Labute approximate surface area is 184 Å². The van der Waals surface area contributed by atoms with Gasteiger partial charge in [-0.1, -0.05) is 103 Å². The van der Waals surface area contributed by atoms with E-state index >= 15 is 0 Å². The molecule has 0 bridgehead atoms. The zero-order chi connectivity index (χ0) is 22.1. The molecule has 0 saturated heterocycles. The minimum absolute atomic E-state index is 0.0474. The van der Waals surface area contributed by atoms with Gasteiger partial charge in [-0.3, -0.25) is 4.72 Å². The average Bonchev–Trinajstić information content (AvgIpc) is 2.70. The van der Waals surface area contributed by atoms with Gasteiger partial charge in [0.25, 0.3) is 0 Å². The summed E-state index contributed by atoms with van der Waals surface area (Å²) in [7, 11) is -3.48. The van der Waals surface area contributed by atoms with Crippen LogP contribution >= 0.6 is 0 Å². The van der Waals surface area contributed by atoms with Crippen molar-refractivity contribution in [2.24, 2.45) is 0 Å². The lowest BCUT2D eigenvalue weighted by Crippen LogP contribution is -2.16. The summed E-state index contributed by atoms with van der Waals surface area (Å²) in [5, 5.41) is 18.9. The topological polar surface area (TPSA) is 86.6 Å². The predicted molar refractivity (Wildman–Crippen MR) is 127 cm³/mol. The molecule has 0 spiro atoms. The molecule has 0 unspecified atom stereocenters. The number of unbranched alkanes of at least 4 members (excludes halogenated alkanes) is 15. The van der Waals surface area contributed by atoms with Crippen molar-refractivity contribution in [3.05, 3.63) is 18.2 Å². The average molecular weight is 442 g/mol. The van der Waals surface area contributed by atoms with Crippen molar-refractivity contribution in [1.29, 1.82) is 0 Å². The van der Waals surface area contributed by atoms with Gasteiger partial charge in [-0.15, -0.1) is 0 Å². The van der Waals surface area contributed by atoms with E-state index in [1.54, 1.807) is 0 Å². The van der Waals surface area contributed by atoms with Crippen LogP contribution in [-0.4, -0.2) is 24.4 Å². The lowest BCUT2D eigenvalue weighted by atomic mass is 10.0. The Bertz CT molecular complexity index is 661. The van der Waals surface area contributed by atoms with Crippen LogP contribution in [0.1, 0.15) is 110 Å². The molecule has 0 aliphatic heterocycles. The number of hydrogen-bond donors (Lipinski definition) is 3. The summed E-state index contributed by atoms with van der Waals surface area (Å²) < 4.78 is 26.6. The Morgan fingerprint density at radius 2 is 1.13 bits per heavy atom. The van der Waals surface area contributed by atoms with Crippen LogP contribution in [0.3, 0.4) is 0 Å². The van der Waals surface area contributed by atoms with Crippen LogP contribution in [0.5, 0.6) is 11.5 Å². The first-order valence-electron chi connectivity index (χ1n) is 12.0. The smallest absolute Gasteiger partial charge is 0.232 e. The molecule has 0 aliphatic carbocycles. The molecule has 1 aromatic carbocycles. The van der Waals surface area contributed by atoms with E-state index < -0.39 is 10.0 Å². The quantitative estimate of drug-likeness (QED) is 0.121. The highest BCUT2D eigenvalue weighted by Gasteiger charge is 2.13. The van der Waals surface area contributed by atoms with E-state index in [0.717, 1.165) is 18.9 Å². The zero-order valence-electron chi connectivity index (χ0n) is 18.9. The van der Waals surface area contributed by atoms with E-state index in [1.165, 1.54) is 95.6 Å². The van der Waals surface area contributed by atoms with Crippen molar-refractivity contribution in [2.45, 2.75) is 110 Å². The van der Waals surface area contributed by atoms with Crippen molar-refractivity contribution < 1.29 is 18.6 Å². The fraction of sp³-hybridized carbons (Fsp3) is 0.750. The summed E-state index contributed by atoms with van der Waals surface area (Å²) >= 11 is 0. The fourth-order valence-electron chi connectivity index (χ4n) is 3.67. The van der Waals surface area contributed by atoms with E-state index in [2.05, 4.69) is 11.6 Å². The standard InChI is InChI=1S/C24H43NO4S/c1-2-3-4-5-6-7-8-9-10-11-12-13-14-15-16-17-20-30(28,29)25-23-19-18-22(26)21-24(23)27/h18-19,21,25-27H,2-17,20H2,1H3. The van der Waals surface area contributed by atoms with Crippen LogP contribution in [0.25, 0.3) is 0 Å². The summed E-state index contributed by atoms with van der Waals surface area (Å²) in [5.74, 6) is -0.329. The molecule has 0 fully saturated rings. The maximum atomic E-state index is 12.1. The first-order chi connectivity index (χ1) is 14.4. The monoisotopic (exact) mass is 441 g/mol. The van der Waals surface area contributed by atoms with Gasteiger partial charge in [-0.2, -0.15) is 0 Å². The molecule has 0 atom stereocenters. The van der Waals surface area contributed by atoms with Gasteiger partial charge in [-0.05, 0) is 18.6 Å². The van der Waals surface area contributed by atoms with Gasteiger partial charge >= 0.3 is 0 Å². The van der Waals surface area contributed by atoms with Crippen LogP contribution in [-0.2, 0) is 10.0 Å². The highest BCUT2D eigenvalue weighted by molar-refractivity contribution is 7.92. The molecular formula is C24H43NO4S. The van der Waals surface area contributed by atoms with Crippen molar-refractivity contribution in [2.75, 3.05) is 10.5 Å². The van der Waals surface area contributed by atoms with E-state index in [4.69, 9.17) is 0 Å². The highest BCUT2D eigenvalue weighted by atomic mass is 32.2. The molecule has 3 N–H and O–H groups in total. The van der Waals surface area contributed by atoms with Gasteiger partial charge < -0.3 is 10.2 Å². The second-order valence-electron chi connectivity index (χ2n) is 8.43. The lowest BCUT2D eigenvalue weighted by Gasteiger charge is -2.09. The van der Waals surface area contributed by atoms with E-state index in [1.807, 2.05) is 0 Å². The van der Waals surface area contributed by atoms with Crippen LogP contribution < -0.4 is 4.72 Å². The van der Waals surface area contributed by atoms with Crippen LogP contribution in [0.15, 0.2) is 18.2 Å². The maximum absolute atomic E-state index is 12.1. The maximum Gasteiger partial charge on any atom is 0.232 e. The van der Waals surface area contributed by atoms with Gasteiger partial charge in [0.1, 0.15) is 11.5 Å². The van der Waals surface area contributed by atoms with Crippen molar-refractivity contribution in [3.8, 4) is 11.5 Å². The van der Waals surface area contributed by atoms with Gasteiger partial charge in [0.05, 0.1) is 11.4 Å². The Kier molecular flexibility index (Phi) is 14.4. The SMILES string of the molecule is CCCCCCCCCCCCCCCCCCS(=O)(=O)Nc1ccc(O)cc1O. The molecule has 0 aromatic heterocycles. The second-order valence-corrected chi connectivity index (χ2v) is 10.3. The molecule has 174 valence electrons. The summed E-state index contributed by atoms with van der Waals surface area (Å²) in [6.07, 6.45) is 20.0. The largest absolute Gasteiger partial charge is 0.508 e. The molecule has 0 amide bonds. The third-order valence-electron chi connectivity index (χ3n) is 5.51. The number of aromatic hydroxyl groups is 2. The normalized spacial score (nSPS) is 11.6. The minimum atomic E-state index is -3.48. The van der Waals surface area contributed by atoms with Gasteiger partial charge in [0.2, 0.25) is 10.0 Å². The summed E-state index contributed by atoms with van der Waals surface area (Å²) in [5.41, 5.74) is 0.101. The minimum Gasteiger partial charge on any atom is -0.508 e. The molecule has 1 aromatic rings. The number of benzene rings is 1. The molecule has 0 aliphatic rings. The number of rotatable bonds is 19. The molecule has 0 heterocycles. The molecule has 0 saturated carbocycles.